The number of carbonyl (C=O) groups is 1. The Bertz CT molecular complexity index is 238. The average Bonchev–Trinajstić information content (AvgIpc) is 2.03. The van der Waals surface area contributed by atoms with Gasteiger partial charge in [-0.15, -0.1) is 0 Å². The highest BCUT2D eigenvalue weighted by Crippen LogP contribution is 2.21. The van der Waals surface area contributed by atoms with Crippen LogP contribution in [0.4, 0.5) is 0 Å². The Balaban J connectivity index is 2.39. The molecule has 12 heavy (non-hydrogen) atoms. The Morgan fingerprint density at radius 3 is 2.75 bits per heavy atom. The normalized spacial score (nSPS) is 16.8. The summed E-state index contributed by atoms with van der Waals surface area (Å²) in [4.78, 5) is 10.5. The van der Waals surface area contributed by atoms with E-state index in [4.69, 9.17) is 11.6 Å². The van der Waals surface area contributed by atoms with Crippen molar-refractivity contribution >= 4 is 16.8 Å². The molecule has 0 saturated carbocycles. The van der Waals surface area contributed by atoms with Crippen molar-refractivity contribution in [3.63, 3.8) is 0 Å². The van der Waals surface area contributed by atoms with Crippen LogP contribution in [0.3, 0.4) is 0 Å². The maximum absolute atomic E-state index is 10.5. The van der Waals surface area contributed by atoms with Crippen LogP contribution in [0.25, 0.3) is 0 Å². The molecule has 0 atom stereocenters. The molecule has 1 aliphatic carbocycles. The first-order chi connectivity index (χ1) is 5.68. The largest absolute Gasteiger partial charge is 0.281 e. The molecule has 2 heteroatoms. The quantitative estimate of drug-likeness (QED) is 0.616. The van der Waals surface area contributed by atoms with Gasteiger partial charge in [-0.3, -0.25) is 4.79 Å². The van der Waals surface area contributed by atoms with Gasteiger partial charge in [-0.1, -0.05) is 23.3 Å². The Morgan fingerprint density at radius 2 is 2.25 bits per heavy atom. The molecule has 1 aliphatic rings. The Morgan fingerprint density at radius 1 is 1.50 bits per heavy atom. The van der Waals surface area contributed by atoms with E-state index < -0.39 is 0 Å². The summed E-state index contributed by atoms with van der Waals surface area (Å²) in [5.74, 6) is 0. The van der Waals surface area contributed by atoms with Gasteiger partial charge >= 0.3 is 0 Å². The standard InChI is InChI=1S/C10H13ClO/c1-8-2-4-9(5-3-8)6-7-10(11)12/h2,4H,3,5-7H2,1H3. The van der Waals surface area contributed by atoms with Crippen LogP contribution < -0.4 is 0 Å². The highest BCUT2D eigenvalue weighted by Gasteiger charge is 2.04. The smallest absolute Gasteiger partial charge is 0.221 e. The second-order valence-electron chi connectivity index (χ2n) is 3.19. The van der Waals surface area contributed by atoms with E-state index in [-0.39, 0.29) is 5.24 Å². The van der Waals surface area contributed by atoms with Crippen LogP contribution in [0.15, 0.2) is 23.3 Å². The van der Waals surface area contributed by atoms with Crippen LogP contribution in [0.2, 0.25) is 0 Å². The molecule has 1 nitrogen and oxygen atoms in total. The molecular weight excluding hydrogens is 172 g/mol. The van der Waals surface area contributed by atoms with Gasteiger partial charge in [0.25, 0.3) is 0 Å². The van der Waals surface area contributed by atoms with E-state index in [0.29, 0.717) is 6.42 Å². The lowest BCUT2D eigenvalue weighted by Gasteiger charge is -2.10. The molecule has 0 bridgehead atoms. The van der Waals surface area contributed by atoms with Gasteiger partial charge in [0.15, 0.2) is 0 Å². The Kier molecular flexibility index (Phi) is 3.54. The fraction of sp³-hybridized carbons (Fsp3) is 0.500. The highest BCUT2D eigenvalue weighted by atomic mass is 35.5. The third kappa shape index (κ3) is 3.22. The van der Waals surface area contributed by atoms with Crippen molar-refractivity contribution in [1.29, 1.82) is 0 Å². The first kappa shape index (κ1) is 9.53. The zero-order valence-electron chi connectivity index (χ0n) is 7.27. The monoisotopic (exact) mass is 184 g/mol. The minimum Gasteiger partial charge on any atom is -0.281 e. The second kappa shape index (κ2) is 4.46. The molecule has 0 fully saturated rings. The van der Waals surface area contributed by atoms with Gasteiger partial charge in [-0.25, -0.2) is 0 Å². The molecule has 0 radical (unpaired) electrons. The van der Waals surface area contributed by atoms with E-state index in [1.807, 2.05) is 0 Å². The molecule has 0 N–H and O–H groups in total. The lowest BCUT2D eigenvalue weighted by molar-refractivity contribution is -0.111. The minimum absolute atomic E-state index is 0.234. The molecule has 1 rings (SSSR count). The lowest BCUT2D eigenvalue weighted by Crippen LogP contribution is -1.94. The van der Waals surface area contributed by atoms with E-state index >= 15 is 0 Å². The van der Waals surface area contributed by atoms with Gasteiger partial charge in [0.05, 0.1) is 0 Å². The predicted octanol–water partition coefficient (Wildman–Crippen LogP) is 3.20. The fourth-order valence-corrected chi connectivity index (χ4v) is 1.35. The third-order valence-electron chi connectivity index (χ3n) is 2.09. The van der Waals surface area contributed by atoms with Crippen molar-refractivity contribution < 1.29 is 4.79 Å². The molecule has 0 saturated heterocycles. The van der Waals surface area contributed by atoms with E-state index in [0.717, 1.165) is 19.3 Å². The zero-order valence-corrected chi connectivity index (χ0v) is 8.03. The SMILES string of the molecule is CC1=CC=C(CCC(=O)Cl)CC1. The van der Waals surface area contributed by atoms with Crippen molar-refractivity contribution in [2.75, 3.05) is 0 Å². The molecule has 0 spiro atoms. The highest BCUT2D eigenvalue weighted by molar-refractivity contribution is 6.63. The van der Waals surface area contributed by atoms with Crippen molar-refractivity contribution in [1.82, 2.24) is 0 Å². The van der Waals surface area contributed by atoms with Crippen LogP contribution in [-0.2, 0) is 4.79 Å². The van der Waals surface area contributed by atoms with Crippen LogP contribution in [0.5, 0.6) is 0 Å². The van der Waals surface area contributed by atoms with Gasteiger partial charge in [0.2, 0.25) is 5.24 Å². The number of halogens is 1. The maximum atomic E-state index is 10.5. The first-order valence-corrected chi connectivity index (χ1v) is 4.60. The molecular formula is C10H13ClO. The molecule has 0 aromatic carbocycles. The van der Waals surface area contributed by atoms with Crippen LogP contribution >= 0.6 is 11.6 Å². The Labute approximate surface area is 78.1 Å². The first-order valence-electron chi connectivity index (χ1n) is 4.22. The maximum Gasteiger partial charge on any atom is 0.221 e. The van der Waals surface area contributed by atoms with Crippen LogP contribution in [0, 0.1) is 0 Å². The second-order valence-corrected chi connectivity index (χ2v) is 3.61. The van der Waals surface area contributed by atoms with Crippen molar-refractivity contribution in [3.05, 3.63) is 23.3 Å². The molecule has 0 aromatic rings. The van der Waals surface area contributed by atoms with Gasteiger partial charge in [0.1, 0.15) is 0 Å². The van der Waals surface area contributed by atoms with E-state index in [9.17, 15) is 4.79 Å². The average molecular weight is 185 g/mol. The van der Waals surface area contributed by atoms with E-state index in [1.165, 1.54) is 11.1 Å². The number of carbonyl (C=O) groups excluding carboxylic acids is 1. The summed E-state index contributed by atoms with van der Waals surface area (Å²) in [7, 11) is 0. The molecule has 0 aliphatic heterocycles. The molecule has 66 valence electrons. The lowest BCUT2D eigenvalue weighted by atomic mass is 9.96. The molecule has 0 aromatic heterocycles. The molecule has 0 heterocycles. The molecule has 0 amide bonds. The van der Waals surface area contributed by atoms with Gasteiger partial charge in [0, 0.05) is 6.42 Å². The topological polar surface area (TPSA) is 17.1 Å². The summed E-state index contributed by atoms with van der Waals surface area (Å²) >= 11 is 5.24. The summed E-state index contributed by atoms with van der Waals surface area (Å²) < 4.78 is 0. The predicted molar refractivity (Wildman–Crippen MR) is 51.2 cm³/mol. The van der Waals surface area contributed by atoms with E-state index in [2.05, 4.69) is 19.1 Å². The van der Waals surface area contributed by atoms with Gasteiger partial charge < -0.3 is 0 Å². The summed E-state index contributed by atoms with van der Waals surface area (Å²) in [6, 6.07) is 0. The van der Waals surface area contributed by atoms with Crippen LogP contribution in [0.1, 0.15) is 32.6 Å². The summed E-state index contributed by atoms with van der Waals surface area (Å²) in [5.41, 5.74) is 2.76. The summed E-state index contributed by atoms with van der Waals surface area (Å²) in [6.45, 7) is 2.12. The van der Waals surface area contributed by atoms with Gasteiger partial charge in [-0.05, 0) is 37.8 Å². The van der Waals surface area contributed by atoms with Crippen molar-refractivity contribution in [2.45, 2.75) is 32.6 Å². The van der Waals surface area contributed by atoms with Crippen molar-refractivity contribution in [3.8, 4) is 0 Å². The Hall–Kier alpha value is -0.560. The fourth-order valence-electron chi connectivity index (χ4n) is 1.25. The number of rotatable bonds is 3. The minimum atomic E-state index is -0.234. The number of hydrogen-bond acceptors (Lipinski definition) is 1. The number of hydrogen-bond donors (Lipinski definition) is 0. The van der Waals surface area contributed by atoms with E-state index in [1.54, 1.807) is 0 Å². The third-order valence-corrected chi connectivity index (χ3v) is 2.28. The summed E-state index contributed by atoms with van der Waals surface area (Å²) in [5, 5.41) is -0.234. The zero-order chi connectivity index (χ0) is 8.97. The number of allylic oxidation sites excluding steroid dienone is 4. The summed E-state index contributed by atoms with van der Waals surface area (Å²) in [6.07, 6.45) is 7.75. The van der Waals surface area contributed by atoms with Crippen LogP contribution in [-0.4, -0.2) is 5.24 Å². The van der Waals surface area contributed by atoms with Crippen molar-refractivity contribution in [2.24, 2.45) is 0 Å². The molecule has 0 unspecified atom stereocenters. The van der Waals surface area contributed by atoms with Gasteiger partial charge in [-0.2, -0.15) is 0 Å².